The summed E-state index contributed by atoms with van der Waals surface area (Å²) in [4.78, 5) is 17.2. The number of hydrogen-bond acceptors (Lipinski definition) is 4. The SMILES string of the molecule is O=C(c1ccccc1N1CCOCC1)N1CCC(C2(O)CC2)CC1. The van der Waals surface area contributed by atoms with Gasteiger partial charge >= 0.3 is 0 Å². The van der Waals surface area contributed by atoms with Crippen molar-refractivity contribution in [1.29, 1.82) is 0 Å². The Bertz CT molecular complexity index is 600. The summed E-state index contributed by atoms with van der Waals surface area (Å²) in [5.41, 5.74) is 1.40. The van der Waals surface area contributed by atoms with Gasteiger partial charge in [-0.05, 0) is 43.7 Å². The monoisotopic (exact) mass is 330 g/mol. The molecule has 1 N–H and O–H groups in total. The van der Waals surface area contributed by atoms with Crippen LogP contribution >= 0.6 is 0 Å². The first kappa shape index (κ1) is 15.9. The Morgan fingerprint density at radius 3 is 2.42 bits per heavy atom. The van der Waals surface area contributed by atoms with E-state index in [0.29, 0.717) is 19.1 Å². The summed E-state index contributed by atoms with van der Waals surface area (Å²) in [6, 6.07) is 7.92. The Morgan fingerprint density at radius 1 is 1.08 bits per heavy atom. The van der Waals surface area contributed by atoms with Crippen molar-refractivity contribution < 1.29 is 14.6 Å². The second kappa shape index (κ2) is 6.37. The number of para-hydroxylation sites is 1. The summed E-state index contributed by atoms with van der Waals surface area (Å²) in [5.74, 6) is 0.495. The van der Waals surface area contributed by atoms with Crippen molar-refractivity contribution in [2.45, 2.75) is 31.3 Å². The zero-order valence-electron chi connectivity index (χ0n) is 14.1. The van der Waals surface area contributed by atoms with Gasteiger partial charge in [0.05, 0.1) is 24.4 Å². The number of likely N-dealkylation sites (tertiary alicyclic amines) is 1. The van der Waals surface area contributed by atoms with Crippen LogP contribution in [0.1, 0.15) is 36.0 Å². The number of morpholine rings is 1. The molecule has 0 atom stereocenters. The van der Waals surface area contributed by atoms with Crippen LogP contribution in [0.3, 0.4) is 0 Å². The van der Waals surface area contributed by atoms with Gasteiger partial charge in [0.15, 0.2) is 0 Å². The number of aliphatic hydroxyl groups is 1. The van der Waals surface area contributed by atoms with E-state index in [0.717, 1.165) is 63.1 Å². The Kier molecular flexibility index (Phi) is 4.22. The van der Waals surface area contributed by atoms with Gasteiger partial charge in [0.25, 0.3) is 5.91 Å². The highest BCUT2D eigenvalue weighted by molar-refractivity contribution is 5.99. The zero-order valence-corrected chi connectivity index (χ0v) is 14.1. The van der Waals surface area contributed by atoms with E-state index in [1.165, 1.54) is 0 Å². The van der Waals surface area contributed by atoms with E-state index in [2.05, 4.69) is 4.90 Å². The average Bonchev–Trinajstić information content (AvgIpc) is 3.41. The molecule has 0 aromatic heterocycles. The first-order valence-electron chi connectivity index (χ1n) is 9.11. The highest BCUT2D eigenvalue weighted by Crippen LogP contribution is 2.46. The summed E-state index contributed by atoms with van der Waals surface area (Å²) in [6.07, 6.45) is 3.71. The highest BCUT2D eigenvalue weighted by Gasteiger charge is 2.48. The third-order valence-corrected chi connectivity index (χ3v) is 5.79. The lowest BCUT2D eigenvalue weighted by Crippen LogP contribution is -2.43. The van der Waals surface area contributed by atoms with Gasteiger partial charge in [0.2, 0.25) is 0 Å². The summed E-state index contributed by atoms with van der Waals surface area (Å²) in [5, 5.41) is 10.3. The highest BCUT2D eigenvalue weighted by atomic mass is 16.5. The standard InChI is InChI=1S/C19H26N2O3/c22-18(21-9-5-15(6-10-21)19(23)7-8-19)16-3-1-2-4-17(16)20-11-13-24-14-12-20/h1-4,15,23H,5-14H2. The normalized spacial score (nSPS) is 24.0. The smallest absolute Gasteiger partial charge is 0.255 e. The fraction of sp³-hybridized carbons (Fsp3) is 0.632. The van der Waals surface area contributed by atoms with Crippen LogP contribution < -0.4 is 4.90 Å². The van der Waals surface area contributed by atoms with E-state index >= 15 is 0 Å². The van der Waals surface area contributed by atoms with Crippen molar-refractivity contribution in [1.82, 2.24) is 4.90 Å². The molecule has 0 radical (unpaired) electrons. The van der Waals surface area contributed by atoms with Crippen LogP contribution in [0.25, 0.3) is 0 Å². The van der Waals surface area contributed by atoms with Crippen LogP contribution in [0.2, 0.25) is 0 Å². The molecule has 2 aliphatic heterocycles. The summed E-state index contributed by atoms with van der Waals surface area (Å²) < 4.78 is 5.43. The quantitative estimate of drug-likeness (QED) is 0.920. The molecule has 1 amide bonds. The lowest BCUT2D eigenvalue weighted by Gasteiger charge is -2.36. The lowest BCUT2D eigenvalue weighted by molar-refractivity contribution is 0.0340. The first-order chi connectivity index (χ1) is 11.7. The molecule has 1 aliphatic carbocycles. The Morgan fingerprint density at radius 2 is 1.75 bits per heavy atom. The number of ether oxygens (including phenoxy) is 1. The number of carbonyl (C=O) groups is 1. The van der Waals surface area contributed by atoms with Gasteiger partial charge in [-0.1, -0.05) is 12.1 Å². The molecule has 3 aliphatic rings. The number of carbonyl (C=O) groups excluding carboxylic acids is 1. The summed E-state index contributed by atoms with van der Waals surface area (Å²) >= 11 is 0. The fourth-order valence-corrected chi connectivity index (χ4v) is 4.06. The predicted octanol–water partition coefficient (Wildman–Crippen LogP) is 1.90. The molecule has 1 aromatic rings. The van der Waals surface area contributed by atoms with Crippen LogP contribution in [0, 0.1) is 5.92 Å². The van der Waals surface area contributed by atoms with Crippen LogP contribution in [0.15, 0.2) is 24.3 Å². The average molecular weight is 330 g/mol. The van der Waals surface area contributed by atoms with Crippen molar-refractivity contribution in [2.24, 2.45) is 5.92 Å². The van der Waals surface area contributed by atoms with Gasteiger partial charge in [-0.3, -0.25) is 4.79 Å². The van der Waals surface area contributed by atoms with Crippen molar-refractivity contribution in [3.63, 3.8) is 0 Å². The molecule has 0 spiro atoms. The second-order valence-electron chi connectivity index (χ2n) is 7.29. The molecular weight excluding hydrogens is 304 g/mol. The Balaban J connectivity index is 1.46. The van der Waals surface area contributed by atoms with E-state index in [1.54, 1.807) is 0 Å². The molecule has 5 nitrogen and oxygen atoms in total. The van der Waals surface area contributed by atoms with Gasteiger partial charge in [0.1, 0.15) is 0 Å². The minimum atomic E-state index is -0.416. The van der Waals surface area contributed by atoms with E-state index in [1.807, 2.05) is 29.2 Å². The fourth-order valence-electron chi connectivity index (χ4n) is 4.06. The number of hydrogen-bond donors (Lipinski definition) is 1. The van der Waals surface area contributed by atoms with Crippen molar-refractivity contribution in [3.8, 4) is 0 Å². The Hall–Kier alpha value is -1.59. The summed E-state index contributed by atoms with van der Waals surface area (Å²) in [6.45, 7) is 4.60. The maximum absolute atomic E-state index is 13.0. The van der Waals surface area contributed by atoms with Crippen LogP contribution in [0.4, 0.5) is 5.69 Å². The molecule has 0 unspecified atom stereocenters. The van der Waals surface area contributed by atoms with E-state index in [9.17, 15) is 9.90 Å². The van der Waals surface area contributed by atoms with Gasteiger partial charge in [0, 0.05) is 31.9 Å². The first-order valence-corrected chi connectivity index (χ1v) is 9.11. The van der Waals surface area contributed by atoms with Gasteiger partial charge < -0.3 is 19.6 Å². The predicted molar refractivity (Wildman–Crippen MR) is 92.3 cm³/mol. The minimum absolute atomic E-state index is 0.123. The van der Waals surface area contributed by atoms with E-state index in [-0.39, 0.29) is 5.91 Å². The topological polar surface area (TPSA) is 53.0 Å². The van der Waals surface area contributed by atoms with Gasteiger partial charge in [-0.2, -0.15) is 0 Å². The molecule has 4 rings (SSSR count). The molecule has 1 aromatic carbocycles. The van der Waals surface area contributed by atoms with Crippen LogP contribution in [-0.4, -0.2) is 60.9 Å². The number of nitrogens with zero attached hydrogens (tertiary/aromatic N) is 2. The number of benzene rings is 1. The molecule has 2 heterocycles. The van der Waals surface area contributed by atoms with Crippen molar-refractivity contribution >= 4 is 11.6 Å². The lowest BCUT2D eigenvalue weighted by atomic mass is 9.89. The second-order valence-corrected chi connectivity index (χ2v) is 7.29. The maximum atomic E-state index is 13.0. The molecule has 2 saturated heterocycles. The number of amides is 1. The minimum Gasteiger partial charge on any atom is -0.390 e. The molecule has 3 fully saturated rings. The number of rotatable bonds is 3. The van der Waals surface area contributed by atoms with Crippen LogP contribution in [-0.2, 0) is 4.74 Å². The summed E-state index contributed by atoms with van der Waals surface area (Å²) in [7, 11) is 0. The molecule has 130 valence electrons. The molecule has 24 heavy (non-hydrogen) atoms. The Labute approximate surface area is 143 Å². The van der Waals surface area contributed by atoms with Crippen molar-refractivity contribution in [2.75, 3.05) is 44.3 Å². The van der Waals surface area contributed by atoms with E-state index in [4.69, 9.17) is 4.74 Å². The zero-order chi connectivity index (χ0) is 16.6. The van der Waals surface area contributed by atoms with Gasteiger partial charge in [-0.25, -0.2) is 0 Å². The molecular formula is C19H26N2O3. The van der Waals surface area contributed by atoms with Gasteiger partial charge in [-0.15, -0.1) is 0 Å². The van der Waals surface area contributed by atoms with Crippen LogP contribution in [0.5, 0.6) is 0 Å². The van der Waals surface area contributed by atoms with E-state index < -0.39 is 5.60 Å². The third kappa shape index (κ3) is 3.03. The third-order valence-electron chi connectivity index (χ3n) is 5.79. The number of piperidine rings is 1. The molecule has 1 saturated carbocycles. The molecule has 5 heteroatoms. The van der Waals surface area contributed by atoms with Crippen molar-refractivity contribution in [3.05, 3.63) is 29.8 Å². The molecule has 0 bridgehead atoms. The largest absolute Gasteiger partial charge is 0.390 e. The maximum Gasteiger partial charge on any atom is 0.255 e. The number of anilines is 1.